The van der Waals surface area contributed by atoms with E-state index < -0.39 is 24.2 Å². The number of amides is 1. The minimum atomic E-state index is -1.19. The van der Waals surface area contributed by atoms with Crippen LogP contribution in [0.25, 0.3) is 0 Å². The molecule has 51 heavy (non-hydrogen) atoms. The molecule has 11 nitrogen and oxygen atoms in total. The summed E-state index contributed by atoms with van der Waals surface area (Å²) >= 11 is 0. The quantitative estimate of drug-likeness (QED) is 0.232. The zero-order chi connectivity index (χ0) is 35.1. The molecule has 7 fully saturated rings. The molecule has 12 heteroatoms. The average Bonchev–Trinajstić information content (AvgIpc) is 3.74. The summed E-state index contributed by atoms with van der Waals surface area (Å²) in [6, 6.07) is -0.332. The molecule has 0 bridgehead atoms. The van der Waals surface area contributed by atoms with Crippen molar-refractivity contribution in [3.05, 3.63) is 11.8 Å². The lowest BCUT2D eigenvalue weighted by Crippen LogP contribution is -2.73. The Kier molecular flexibility index (Phi) is 11.4. The standard InChI is InChI=1S/C39H63FN6O5/c1-43(2)13-6-5-11-42-39(48)29-24-46-31-22-33-27(26-8-3-4-9-32(26)50-33)21-34(31)51-38-35(46)28(37(29)47)20-30(40)36(38)45-15-10-25(23-45)41-12-7-14-44-16-18-49-19-17-44/h24-28,30-36,38,41H,3-23H2,1-2H3,(H,42,48)/t25-,26?,27?,28?,30?,31?,32?,33?,34?,35?,36?,38?/m1/s1. The average molecular weight is 715 g/mol. The molecule has 2 N–H and O–H groups in total. The Balaban J connectivity index is 0.988. The molecule has 5 heterocycles. The number of halogens is 1. The number of alkyl halides is 1. The summed E-state index contributed by atoms with van der Waals surface area (Å²) in [6.45, 7) is 8.79. The normalized spacial score (nSPS) is 41.1. The Labute approximate surface area is 304 Å². The number of hydrogen-bond acceptors (Lipinski definition) is 10. The smallest absolute Gasteiger partial charge is 0.256 e. The van der Waals surface area contributed by atoms with E-state index in [1.165, 1.54) is 19.3 Å². The molecule has 286 valence electrons. The molecule has 12 atom stereocenters. The van der Waals surface area contributed by atoms with E-state index in [1.54, 1.807) is 0 Å². The number of nitrogens with one attached hydrogen (secondary N) is 2. The van der Waals surface area contributed by atoms with Crippen molar-refractivity contribution in [1.82, 2.24) is 30.2 Å². The topological polar surface area (TPSA) is 98.8 Å². The number of nitrogens with zero attached hydrogens (tertiary/aromatic N) is 4. The SMILES string of the molecule is CN(C)CCCCNC(=O)C1=CN2C3CC4OC5CCCCC5C4CC3OC3C(N4CC[C@@H](NCCCN5CCOCC5)C4)C(F)CC(C1=O)C32. The van der Waals surface area contributed by atoms with Gasteiger partial charge in [0.15, 0.2) is 5.78 Å². The Bertz CT molecular complexity index is 1270. The van der Waals surface area contributed by atoms with Gasteiger partial charge in [0.2, 0.25) is 0 Å². The van der Waals surface area contributed by atoms with Gasteiger partial charge < -0.3 is 34.6 Å². The van der Waals surface area contributed by atoms with Crippen LogP contribution in [-0.4, -0.2) is 166 Å². The van der Waals surface area contributed by atoms with Crippen molar-refractivity contribution >= 4 is 11.7 Å². The maximum atomic E-state index is 16.7. The molecule has 0 aromatic rings. The molecule has 0 aromatic carbocycles. The molecule has 0 spiro atoms. The van der Waals surface area contributed by atoms with Gasteiger partial charge in [-0.3, -0.25) is 19.4 Å². The van der Waals surface area contributed by atoms with Crippen LogP contribution in [0.15, 0.2) is 11.8 Å². The Hall–Kier alpha value is -1.67. The lowest BCUT2D eigenvalue weighted by molar-refractivity contribution is -0.220. The van der Waals surface area contributed by atoms with E-state index in [-0.39, 0.29) is 48.0 Å². The molecule has 3 saturated carbocycles. The molecule has 3 aliphatic carbocycles. The van der Waals surface area contributed by atoms with Gasteiger partial charge in [-0.2, -0.15) is 0 Å². The van der Waals surface area contributed by atoms with Crippen molar-refractivity contribution in [2.75, 3.05) is 79.7 Å². The lowest BCUT2D eigenvalue weighted by Gasteiger charge is -2.61. The molecule has 8 rings (SSSR count). The summed E-state index contributed by atoms with van der Waals surface area (Å²) in [4.78, 5) is 37.1. The molecule has 0 radical (unpaired) electrons. The third-order valence-electron chi connectivity index (χ3n) is 13.8. The highest BCUT2D eigenvalue weighted by Crippen LogP contribution is 2.53. The number of Topliss-reactive ketones (excluding diaryl/α,β-unsaturated/α-hetero) is 1. The van der Waals surface area contributed by atoms with Crippen molar-refractivity contribution in [3.8, 4) is 0 Å². The number of rotatable bonds is 12. The monoisotopic (exact) mass is 714 g/mol. The van der Waals surface area contributed by atoms with E-state index in [0.29, 0.717) is 30.5 Å². The Morgan fingerprint density at radius 2 is 1.76 bits per heavy atom. The first-order valence-electron chi connectivity index (χ1n) is 20.5. The van der Waals surface area contributed by atoms with Gasteiger partial charge in [0.1, 0.15) is 6.17 Å². The van der Waals surface area contributed by atoms with Gasteiger partial charge >= 0.3 is 0 Å². The zero-order valence-electron chi connectivity index (χ0n) is 31.1. The van der Waals surface area contributed by atoms with Crippen LogP contribution in [0.1, 0.15) is 70.6 Å². The second kappa shape index (κ2) is 16.0. The third-order valence-corrected chi connectivity index (χ3v) is 13.8. The molecule has 5 aliphatic heterocycles. The molecule has 8 aliphatic rings. The maximum absolute atomic E-state index is 16.7. The van der Waals surface area contributed by atoms with Gasteiger partial charge in [-0.15, -0.1) is 0 Å². The highest BCUT2D eigenvalue weighted by atomic mass is 19.1. The van der Waals surface area contributed by atoms with Crippen LogP contribution in [0.4, 0.5) is 4.39 Å². The number of ether oxygens (including phenoxy) is 3. The van der Waals surface area contributed by atoms with Gasteiger partial charge in [-0.25, -0.2) is 4.39 Å². The first-order chi connectivity index (χ1) is 24.9. The number of unbranched alkanes of at least 4 members (excludes halogenated alkanes) is 1. The largest absolute Gasteiger partial charge is 0.379 e. The van der Waals surface area contributed by atoms with Crippen molar-refractivity contribution in [1.29, 1.82) is 0 Å². The van der Waals surface area contributed by atoms with Crippen LogP contribution in [0.2, 0.25) is 0 Å². The first-order valence-corrected chi connectivity index (χ1v) is 20.5. The predicted molar refractivity (Wildman–Crippen MR) is 192 cm³/mol. The van der Waals surface area contributed by atoms with Gasteiger partial charge in [0.25, 0.3) is 5.91 Å². The fraction of sp³-hybridized carbons (Fsp3) is 0.897. The Morgan fingerprint density at radius 1 is 0.922 bits per heavy atom. The minimum Gasteiger partial charge on any atom is -0.379 e. The second-order valence-electron chi connectivity index (χ2n) is 17.2. The van der Waals surface area contributed by atoms with Crippen LogP contribution < -0.4 is 10.6 Å². The van der Waals surface area contributed by atoms with E-state index in [9.17, 15) is 9.59 Å². The van der Waals surface area contributed by atoms with Crippen LogP contribution in [0.5, 0.6) is 0 Å². The van der Waals surface area contributed by atoms with Gasteiger partial charge in [0, 0.05) is 50.9 Å². The molecular formula is C39H63FN6O5. The Morgan fingerprint density at radius 3 is 2.61 bits per heavy atom. The van der Waals surface area contributed by atoms with Crippen molar-refractivity contribution in [3.63, 3.8) is 0 Å². The fourth-order valence-corrected chi connectivity index (χ4v) is 11.3. The number of ketones is 1. The van der Waals surface area contributed by atoms with E-state index in [4.69, 9.17) is 14.2 Å². The maximum Gasteiger partial charge on any atom is 0.256 e. The lowest BCUT2D eigenvalue weighted by atomic mass is 9.67. The van der Waals surface area contributed by atoms with E-state index in [2.05, 4.69) is 30.2 Å². The summed E-state index contributed by atoms with van der Waals surface area (Å²) in [7, 11) is 4.09. The van der Waals surface area contributed by atoms with Crippen molar-refractivity contribution in [2.24, 2.45) is 17.8 Å². The number of carbonyl (C=O) groups is 2. The van der Waals surface area contributed by atoms with Crippen LogP contribution >= 0.6 is 0 Å². The summed E-state index contributed by atoms with van der Waals surface area (Å²) < 4.78 is 36.2. The summed E-state index contributed by atoms with van der Waals surface area (Å²) in [6.07, 6.45) is 11.3. The van der Waals surface area contributed by atoms with Crippen molar-refractivity contribution < 1.29 is 28.2 Å². The van der Waals surface area contributed by atoms with Crippen LogP contribution in [0, 0.1) is 17.8 Å². The molecule has 4 saturated heterocycles. The molecule has 1 amide bonds. The van der Waals surface area contributed by atoms with Crippen molar-refractivity contribution in [2.45, 2.75) is 125 Å². The summed E-state index contributed by atoms with van der Waals surface area (Å²) in [5.41, 5.74) is 0.194. The molecular weight excluding hydrogens is 651 g/mol. The summed E-state index contributed by atoms with van der Waals surface area (Å²) in [5, 5.41) is 6.80. The summed E-state index contributed by atoms with van der Waals surface area (Å²) in [5.74, 6) is -0.0862. The molecule has 11 unspecified atom stereocenters. The van der Waals surface area contributed by atoms with E-state index >= 15 is 4.39 Å². The highest BCUT2D eigenvalue weighted by Gasteiger charge is 2.62. The number of morpholine rings is 2. The second-order valence-corrected chi connectivity index (χ2v) is 17.2. The van der Waals surface area contributed by atoms with Gasteiger partial charge in [0.05, 0.1) is 61.3 Å². The molecule has 0 aromatic heterocycles. The van der Waals surface area contributed by atoms with Gasteiger partial charge in [-0.1, -0.05) is 12.8 Å². The number of likely N-dealkylation sites (tertiary alicyclic amines) is 1. The first kappa shape index (κ1) is 36.3. The highest BCUT2D eigenvalue weighted by molar-refractivity contribution is 6.20. The number of carbonyl (C=O) groups excluding carboxylic acids is 2. The van der Waals surface area contributed by atoms with E-state index in [1.807, 2.05) is 20.3 Å². The number of fused-ring (bicyclic) bond motifs is 5. The van der Waals surface area contributed by atoms with Crippen LogP contribution in [-0.2, 0) is 23.8 Å². The van der Waals surface area contributed by atoms with Crippen LogP contribution in [0.3, 0.4) is 0 Å². The fourth-order valence-electron chi connectivity index (χ4n) is 11.3. The minimum absolute atomic E-state index is 0.0161. The van der Waals surface area contributed by atoms with E-state index in [0.717, 1.165) is 104 Å². The zero-order valence-corrected chi connectivity index (χ0v) is 31.1. The third kappa shape index (κ3) is 7.54. The van der Waals surface area contributed by atoms with Gasteiger partial charge in [-0.05, 0) is 103 Å². The predicted octanol–water partition coefficient (Wildman–Crippen LogP) is 2.20. The number of hydrogen-bond donors (Lipinski definition) is 2.